The van der Waals surface area contributed by atoms with Gasteiger partial charge in [0.1, 0.15) is 5.82 Å². The molecule has 3 aromatic heterocycles. The Bertz CT molecular complexity index is 829. The zero-order valence-electron chi connectivity index (χ0n) is 14.4. The monoisotopic (exact) mass is 334 g/mol. The van der Waals surface area contributed by atoms with Crippen molar-refractivity contribution in [2.75, 3.05) is 11.9 Å². The van der Waals surface area contributed by atoms with E-state index in [0.29, 0.717) is 5.92 Å². The van der Waals surface area contributed by atoms with Crippen LogP contribution in [0.15, 0.2) is 43.2 Å². The lowest BCUT2D eigenvalue weighted by Gasteiger charge is -2.16. The molecule has 0 aromatic carbocycles. The third-order valence-corrected chi connectivity index (χ3v) is 4.55. The Kier molecular flexibility index (Phi) is 4.41. The zero-order chi connectivity index (χ0) is 17.1. The van der Waals surface area contributed by atoms with Crippen LogP contribution in [0.4, 0.5) is 5.82 Å². The molecule has 0 amide bonds. The molecule has 1 N–H and O–H groups in total. The van der Waals surface area contributed by atoms with Gasteiger partial charge < -0.3 is 9.88 Å². The Morgan fingerprint density at radius 3 is 2.96 bits per heavy atom. The molecule has 4 rings (SSSR count). The number of anilines is 1. The molecule has 0 fully saturated rings. The summed E-state index contributed by atoms with van der Waals surface area (Å²) in [5.41, 5.74) is 3.42. The van der Waals surface area contributed by atoms with Gasteiger partial charge in [-0.25, -0.2) is 15.0 Å². The van der Waals surface area contributed by atoms with Gasteiger partial charge in [-0.05, 0) is 37.3 Å². The summed E-state index contributed by atoms with van der Waals surface area (Å²) in [7, 11) is 0. The number of nitrogens with one attached hydrogen (secondary N) is 1. The third kappa shape index (κ3) is 3.52. The van der Waals surface area contributed by atoms with Gasteiger partial charge in [0.25, 0.3) is 0 Å². The first kappa shape index (κ1) is 15.7. The highest BCUT2D eigenvalue weighted by Gasteiger charge is 2.20. The van der Waals surface area contributed by atoms with Crippen LogP contribution in [-0.4, -0.2) is 31.0 Å². The topological polar surface area (TPSA) is 68.5 Å². The Morgan fingerprint density at radius 2 is 2.16 bits per heavy atom. The van der Waals surface area contributed by atoms with Crippen molar-refractivity contribution in [1.82, 2.24) is 24.5 Å². The Balaban J connectivity index is 1.53. The molecule has 0 saturated carbocycles. The molecule has 1 aliphatic rings. The van der Waals surface area contributed by atoms with Crippen molar-refractivity contribution in [2.45, 2.75) is 32.7 Å². The van der Waals surface area contributed by atoms with Crippen LogP contribution in [-0.2, 0) is 19.4 Å². The van der Waals surface area contributed by atoms with E-state index in [1.165, 1.54) is 11.3 Å². The van der Waals surface area contributed by atoms with Gasteiger partial charge in [-0.2, -0.15) is 0 Å². The summed E-state index contributed by atoms with van der Waals surface area (Å²) >= 11 is 0. The van der Waals surface area contributed by atoms with Gasteiger partial charge in [-0.3, -0.25) is 4.98 Å². The van der Waals surface area contributed by atoms with E-state index in [1.54, 1.807) is 6.20 Å². The molecule has 1 aliphatic carbocycles. The van der Waals surface area contributed by atoms with Gasteiger partial charge >= 0.3 is 0 Å². The van der Waals surface area contributed by atoms with Crippen LogP contribution in [0.1, 0.15) is 24.6 Å². The number of hydrogen-bond acceptors (Lipinski definition) is 5. The molecule has 0 radical (unpaired) electrons. The minimum absolute atomic E-state index is 0.475. The van der Waals surface area contributed by atoms with Gasteiger partial charge in [-0.1, -0.05) is 6.92 Å². The van der Waals surface area contributed by atoms with Crippen LogP contribution in [0.25, 0.3) is 11.4 Å². The van der Waals surface area contributed by atoms with Crippen LogP contribution >= 0.6 is 0 Å². The Hall–Kier alpha value is -2.76. The number of aromatic nitrogens is 5. The lowest BCUT2D eigenvalue weighted by molar-refractivity contribution is 0.502. The minimum Gasteiger partial charge on any atom is -0.369 e. The molecule has 6 heteroatoms. The molecule has 128 valence electrons. The SMILES string of the molecule is CC(CNc1nc(-c2cccnc2)nc2c1CCC2)Cn1ccnc1. The van der Waals surface area contributed by atoms with E-state index in [9.17, 15) is 0 Å². The first-order valence-corrected chi connectivity index (χ1v) is 8.79. The molecule has 3 aromatic rings. The van der Waals surface area contributed by atoms with Crippen molar-refractivity contribution >= 4 is 5.82 Å². The van der Waals surface area contributed by atoms with Crippen LogP contribution in [0.2, 0.25) is 0 Å². The molecular formula is C19H22N6. The fourth-order valence-corrected chi connectivity index (χ4v) is 3.29. The quantitative estimate of drug-likeness (QED) is 0.750. The first-order chi connectivity index (χ1) is 12.3. The second-order valence-electron chi connectivity index (χ2n) is 6.66. The molecule has 1 unspecified atom stereocenters. The summed E-state index contributed by atoms with van der Waals surface area (Å²) in [5.74, 6) is 2.22. The van der Waals surface area contributed by atoms with Crippen LogP contribution in [0.3, 0.4) is 0 Å². The largest absolute Gasteiger partial charge is 0.369 e. The standard InChI is InChI=1S/C19H22N6/c1-14(12-25-9-8-21-13-25)10-22-19-16-5-2-6-17(16)23-18(24-19)15-4-3-7-20-11-15/h3-4,7-9,11,13-14H,2,5-6,10,12H2,1H3,(H,22,23,24). The van der Waals surface area contributed by atoms with Crippen molar-refractivity contribution in [2.24, 2.45) is 5.92 Å². The Morgan fingerprint density at radius 1 is 1.20 bits per heavy atom. The van der Waals surface area contributed by atoms with Crippen molar-refractivity contribution in [3.8, 4) is 11.4 Å². The predicted octanol–water partition coefficient (Wildman–Crippen LogP) is 2.97. The Labute approximate surface area is 147 Å². The van der Waals surface area contributed by atoms with E-state index in [-0.39, 0.29) is 0 Å². The van der Waals surface area contributed by atoms with E-state index < -0.39 is 0 Å². The number of fused-ring (bicyclic) bond motifs is 1. The highest BCUT2D eigenvalue weighted by atomic mass is 15.1. The summed E-state index contributed by atoms with van der Waals surface area (Å²) in [4.78, 5) is 17.9. The summed E-state index contributed by atoms with van der Waals surface area (Å²) in [6.07, 6.45) is 12.5. The highest BCUT2D eigenvalue weighted by Crippen LogP contribution is 2.29. The zero-order valence-corrected chi connectivity index (χ0v) is 14.4. The smallest absolute Gasteiger partial charge is 0.163 e. The minimum atomic E-state index is 0.475. The summed E-state index contributed by atoms with van der Waals surface area (Å²) in [6.45, 7) is 4.04. The molecule has 0 aliphatic heterocycles. The molecule has 6 nitrogen and oxygen atoms in total. The highest BCUT2D eigenvalue weighted by molar-refractivity contribution is 5.59. The van der Waals surface area contributed by atoms with Gasteiger partial charge in [0.05, 0.1) is 6.33 Å². The second kappa shape index (κ2) is 7.01. The van der Waals surface area contributed by atoms with Gasteiger partial charge in [0.2, 0.25) is 0 Å². The molecule has 1 atom stereocenters. The van der Waals surface area contributed by atoms with Crippen molar-refractivity contribution in [3.63, 3.8) is 0 Å². The molecule has 0 bridgehead atoms. The van der Waals surface area contributed by atoms with Gasteiger partial charge in [-0.15, -0.1) is 0 Å². The molecule has 0 saturated heterocycles. The summed E-state index contributed by atoms with van der Waals surface area (Å²) in [6, 6.07) is 3.93. The fourth-order valence-electron chi connectivity index (χ4n) is 3.29. The van der Waals surface area contributed by atoms with E-state index in [1.807, 2.05) is 37.1 Å². The van der Waals surface area contributed by atoms with Crippen molar-refractivity contribution < 1.29 is 0 Å². The number of imidazole rings is 1. The summed E-state index contributed by atoms with van der Waals surface area (Å²) < 4.78 is 2.11. The maximum absolute atomic E-state index is 4.80. The van der Waals surface area contributed by atoms with E-state index >= 15 is 0 Å². The average Bonchev–Trinajstić information content (AvgIpc) is 3.31. The third-order valence-electron chi connectivity index (χ3n) is 4.55. The maximum atomic E-state index is 4.80. The number of aryl methyl sites for hydroxylation is 1. The number of hydrogen-bond donors (Lipinski definition) is 1. The molecule has 25 heavy (non-hydrogen) atoms. The van der Waals surface area contributed by atoms with E-state index in [0.717, 1.165) is 49.6 Å². The maximum Gasteiger partial charge on any atom is 0.163 e. The van der Waals surface area contributed by atoms with E-state index in [2.05, 4.69) is 26.8 Å². The number of rotatable bonds is 6. The molecular weight excluding hydrogens is 312 g/mol. The van der Waals surface area contributed by atoms with Crippen LogP contribution in [0, 0.1) is 5.92 Å². The fraction of sp³-hybridized carbons (Fsp3) is 0.368. The number of nitrogens with zero attached hydrogens (tertiary/aromatic N) is 5. The normalized spacial score (nSPS) is 14.3. The van der Waals surface area contributed by atoms with Gasteiger partial charge in [0.15, 0.2) is 5.82 Å². The second-order valence-corrected chi connectivity index (χ2v) is 6.66. The van der Waals surface area contributed by atoms with E-state index in [4.69, 9.17) is 9.97 Å². The lowest BCUT2D eigenvalue weighted by Crippen LogP contribution is -2.18. The predicted molar refractivity (Wildman–Crippen MR) is 97.2 cm³/mol. The van der Waals surface area contributed by atoms with Crippen molar-refractivity contribution in [1.29, 1.82) is 0 Å². The van der Waals surface area contributed by atoms with Crippen molar-refractivity contribution in [3.05, 3.63) is 54.5 Å². The molecule has 3 heterocycles. The first-order valence-electron chi connectivity index (χ1n) is 8.79. The summed E-state index contributed by atoms with van der Waals surface area (Å²) in [5, 5.41) is 3.56. The van der Waals surface area contributed by atoms with Crippen LogP contribution < -0.4 is 5.32 Å². The number of pyridine rings is 1. The molecule has 0 spiro atoms. The van der Waals surface area contributed by atoms with Crippen LogP contribution in [0.5, 0.6) is 0 Å². The lowest BCUT2D eigenvalue weighted by atomic mass is 10.1. The van der Waals surface area contributed by atoms with Gasteiger partial charge in [0, 0.05) is 54.7 Å². The average molecular weight is 334 g/mol.